The molecule has 0 aromatic heterocycles. The highest BCUT2D eigenvalue weighted by atomic mass is 16.5. The van der Waals surface area contributed by atoms with Crippen LogP contribution >= 0.6 is 0 Å². The molecule has 4 nitrogen and oxygen atoms in total. The minimum atomic E-state index is -0.756. The summed E-state index contributed by atoms with van der Waals surface area (Å²) < 4.78 is 5.00. The molecule has 0 unspecified atom stereocenters. The highest BCUT2D eigenvalue weighted by molar-refractivity contribution is 5.80. The number of hydrogen-bond acceptors (Lipinski definition) is 4. The second-order valence-electron chi connectivity index (χ2n) is 3.93. The van der Waals surface area contributed by atoms with Gasteiger partial charge >= 0.3 is 5.97 Å². The monoisotopic (exact) mass is 201 g/mol. The van der Waals surface area contributed by atoms with Crippen LogP contribution in [0.1, 0.15) is 38.5 Å². The molecule has 1 aliphatic rings. The lowest BCUT2D eigenvalue weighted by Gasteiger charge is -2.30. The number of rotatable bonds is 4. The maximum atomic E-state index is 11.6. The predicted molar refractivity (Wildman–Crippen MR) is 52.7 cm³/mol. The molecular formula is C10H19NO3. The maximum absolute atomic E-state index is 11.6. The fourth-order valence-corrected chi connectivity index (χ4v) is 1.76. The van der Waals surface area contributed by atoms with Crippen molar-refractivity contribution in [3.05, 3.63) is 0 Å². The Hall–Kier alpha value is -0.610. The average molecular weight is 201 g/mol. The number of hydrogen-bond donors (Lipinski definition) is 2. The van der Waals surface area contributed by atoms with Gasteiger partial charge in [-0.15, -0.1) is 0 Å². The van der Waals surface area contributed by atoms with Crippen LogP contribution in [-0.4, -0.2) is 29.8 Å². The molecule has 3 N–H and O–H groups in total. The van der Waals surface area contributed by atoms with Gasteiger partial charge in [-0.25, -0.2) is 0 Å². The third-order valence-corrected chi connectivity index (χ3v) is 2.69. The molecular weight excluding hydrogens is 182 g/mol. The summed E-state index contributed by atoms with van der Waals surface area (Å²) >= 11 is 0. The summed E-state index contributed by atoms with van der Waals surface area (Å²) in [5.74, 6) is -0.300. The second-order valence-corrected chi connectivity index (χ2v) is 3.93. The van der Waals surface area contributed by atoms with E-state index in [0.29, 0.717) is 6.42 Å². The molecule has 82 valence electrons. The van der Waals surface area contributed by atoms with Crippen LogP contribution < -0.4 is 5.73 Å². The summed E-state index contributed by atoms with van der Waals surface area (Å²) in [6.45, 7) is 0.319. The molecule has 0 aromatic carbocycles. The largest absolute Gasteiger partial charge is 0.464 e. The second kappa shape index (κ2) is 5.32. The van der Waals surface area contributed by atoms with Gasteiger partial charge in [-0.2, -0.15) is 0 Å². The SMILES string of the molecule is NC1(C(=O)OCCCO)CCCCC1. The molecule has 0 heterocycles. The third kappa shape index (κ3) is 2.96. The summed E-state index contributed by atoms with van der Waals surface area (Å²) in [7, 11) is 0. The topological polar surface area (TPSA) is 72.6 Å². The summed E-state index contributed by atoms with van der Waals surface area (Å²) in [6.07, 6.45) is 5.11. The van der Waals surface area contributed by atoms with E-state index >= 15 is 0 Å². The van der Waals surface area contributed by atoms with Gasteiger partial charge in [0.05, 0.1) is 6.61 Å². The highest BCUT2D eigenvalue weighted by Gasteiger charge is 2.36. The first-order chi connectivity index (χ1) is 6.69. The number of nitrogens with two attached hydrogens (primary N) is 1. The minimum Gasteiger partial charge on any atom is -0.464 e. The van der Waals surface area contributed by atoms with E-state index in [0.717, 1.165) is 32.1 Å². The molecule has 1 aliphatic carbocycles. The quantitative estimate of drug-likeness (QED) is 0.515. The van der Waals surface area contributed by atoms with Crippen LogP contribution in [-0.2, 0) is 9.53 Å². The van der Waals surface area contributed by atoms with Gasteiger partial charge in [0.25, 0.3) is 0 Å². The van der Waals surface area contributed by atoms with Crippen molar-refractivity contribution >= 4 is 5.97 Å². The lowest BCUT2D eigenvalue weighted by atomic mass is 9.83. The Morgan fingerprint density at radius 2 is 2.00 bits per heavy atom. The van der Waals surface area contributed by atoms with Crippen molar-refractivity contribution in [1.29, 1.82) is 0 Å². The van der Waals surface area contributed by atoms with E-state index in [1.807, 2.05) is 0 Å². The molecule has 0 radical (unpaired) electrons. The van der Waals surface area contributed by atoms with E-state index in [4.69, 9.17) is 15.6 Å². The molecule has 0 aromatic rings. The van der Waals surface area contributed by atoms with Crippen LogP contribution in [0.15, 0.2) is 0 Å². The van der Waals surface area contributed by atoms with E-state index < -0.39 is 5.54 Å². The minimum absolute atomic E-state index is 0.0465. The molecule has 1 fully saturated rings. The van der Waals surface area contributed by atoms with E-state index in [-0.39, 0.29) is 19.2 Å². The third-order valence-electron chi connectivity index (χ3n) is 2.69. The van der Waals surface area contributed by atoms with Gasteiger partial charge in [0.15, 0.2) is 0 Å². The first kappa shape index (κ1) is 11.5. The van der Waals surface area contributed by atoms with Crippen molar-refractivity contribution in [3.8, 4) is 0 Å². The Labute approximate surface area is 84.4 Å². The van der Waals surface area contributed by atoms with E-state index in [1.165, 1.54) is 0 Å². The number of aliphatic hydroxyl groups excluding tert-OH is 1. The van der Waals surface area contributed by atoms with E-state index in [2.05, 4.69) is 0 Å². The summed E-state index contributed by atoms with van der Waals surface area (Å²) in [6, 6.07) is 0. The van der Waals surface area contributed by atoms with Crippen LogP contribution in [0.25, 0.3) is 0 Å². The molecule has 0 saturated heterocycles. The van der Waals surface area contributed by atoms with Gasteiger partial charge < -0.3 is 15.6 Å². The van der Waals surface area contributed by atoms with Gasteiger partial charge in [-0.05, 0) is 12.8 Å². The fourth-order valence-electron chi connectivity index (χ4n) is 1.76. The zero-order chi connectivity index (χ0) is 10.4. The summed E-state index contributed by atoms with van der Waals surface area (Å²) in [4.78, 5) is 11.6. The predicted octanol–water partition coefficient (Wildman–Crippen LogP) is 0.574. The molecule has 0 spiro atoms. The molecule has 4 heteroatoms. The van der Waals surface area contributed by atoms with Crippen LogP contribution in [0.4, 0.5) is 0 Å². The van der Waals surface area contributed by atoms with Gasteiger partial charge in [-0.1, -0.05) is 19.3 Å². The molecule has 0 aliphatic heterocycles. The molecule has 1 saturated carbocycles. The van der Waals surface area contributed by atoms with Crippen molar-refractivity contribution in [3.63, 3.8) is 0 Å². The Morgan fingerprint density at radius 1 is 1.36 bits per heavy atom. The van der Waals surface area contributed by atoms with Crippen molar-refractivity contribution < 1.29 is 14.6 Å². The number of carbonyl (C=O) groups is 1. The van der Waals surface area contributed by atoms with Crippen molar-refractivity contribution in [1.82, 2.24) is 0 Å². The molecule has 1 rings (SSSR count). The van der Waals surface area contributed by atoms with Crippen molar-refractivity contribution in [2.45, 2.75) is 44.1 Å². The smallest absolute Gasteiger partial charge is 0.326 e. The Kier molecular flexibility index (Phi) is 4.35. The lowest BCUT2D eigenvalue weighted by Crippen LogP contribution is -2.50. The number of aliphatic hydroxyl groups is 1. The average Bonchev–Trinajstić information content (AvgIpc) is 2.19. The molecule has 0 atom stereocenters. The number of ether oxygens (including phenoxy) is 1. The summed E-state index contributed by atoms with van der Waals surface area (Å²) in [5.41, 5.74) is 5.19. The molecule has 0 bridgehead atoms. The Morgan fingerprint density at radius 3 is 2.57 bits per heavy atom. The number of carbonyl (C=O) groups excluding carboxylic acids is 1. The van der Waals surface area contributed by atoms with Crippen LogP contribution in [0.3, 0.4) is 0 Å². The first-order valence-electron chi connectivity index (χ1n) is 5.26. The molecule has 0 amide bonds. The van der Waals surface area contributed by atoms with E-state index in [1.54, 1.807) is 0 Å². The Balaban J connectivity index is 2.33. The zero-order valence-corrected chi connectivity index (χ0v) is 8.50. The van der Waals surface area contributed by atoms with Crippen molar-refractivity contribution in [2.24, 2.45) is 5.73 Å². The Bertz CT molecular complexity index is 188. The molecule has 14 heavy (non-hydrogen) atoms. The van der Waals surface area contributed by atoms with Gasteiger partial charge in [0.2, 0.25) is 0 Å². The number of esters is 1. The fraction of sp³-hybridized carbons (Fsp3) is 0.900. The lowest BCUT2D eigenvalue weighted by molar-refractivity contribution is -0.151. The zero-order valence-electron chi connectivity index (χ0n) is 8.50. The van der Waals surface area contributed by atoms with Crippen molar-refractivity contribution in [2.75, 3.05) is 13.2 Å². The maximum Gasteiger partial charge on any atom is 0.326 e. The highest BCUT2D eigenvalue weighted by Crippen LogP contribution is 2.26. The van der Waals surface area contributed by atoms with Crippen LogP contribution in [0.2, 0.25) is 0 Å². The standard InChI is InChI=1S/C10H19NO3/c11-10(5-2-1-3-6-10)9(13)14-8-4-7-12/h12H,1-8,11H2. The van der Waals surface area contributed by atoms with Gasteiger partial charge in [-0.3, -0.25) is 4.79 Å². The summed E-state index contributed by atoms with van der Waals surface area (Å²) in [5, 5.41) is 8.53. The normalized spacial score (nSPS) is 20.4. The van der Waals surface area contributed by atoms with Gasteiger partial charge in [0.1, 0.15) is 5.54 Å². The van der Waals surface area contributed by atoms with Crippen LogP contribution in [0, 0.1) is 0 Å². The first-order valence-corrected chi connectivity index (χ1v) is 5.26. The van der Waals surface area contributed by atoms with Gasteiger partial charge in [0, 0.05) is 13.0 Å². The van der Waals surface area contributed by atoms with E-state index in [9.17, 15) is 4.79 Å². The van der Waals surface area contributed by atoms with Crippen LogP contribution in [0.5, 0.6) is 0 Å².